The number of nitro benzene ring substituents is 1. The molecule has 0 spiro atoms. The van der Waals surface area contributed by atoms with Gasteiger partial charge in [-0.1, -0.05) is 18.2 Å². The number of para-hydroxylation sites is 1. The van der Waals surface area contributed by atoms with Crippen LogP contribution >= 0.6 is 0 Å². The first-order valence-electron chi connectivity index (χ1n) is 6.54. The number of anilines is 1. The van der Waals surface area contributed by atoms with Gasteiger partial charge in [0, 0.05) is 29.5 Å². The van der Waals surface area contributed by atoms with Gasteiger partial charge in [0.05, 0.1) is 4.92 Å². The molecule has 0 atom stereocenters. The largest absolute Gasteiger partial charge is 0.322 e. The molecular weight excluding hydrogens is 282 g/mol. The zero-order chi connectivity index (χ0) is 15.5. The van der Waals surface area contributed by atoms with Crippen molar-refractivity contribution in [1.82, 2.24) is 4.98 Å². The Kier molecular flexibility index (Phi) is 3.49. The van der Waals surface area contributed by atoms with E-state index in [9.17, 15) is 14.9 Å². The van der Waals surface area contributed by atoms with Crippen molar-refractivity contribution in [1.29, 1.82) is 0 Å². The number of nitrogens with zero attached hydrogens (tertiary/aromatic N) is 2. The number of benzene rings is 2. The Balaban J connectivity index is 1.91. The van der Waals surface area contributed by atoms with Gasteiger partial charge in [-0.05, 0) is 29.7 Å². The average molecular weight is 293 g/mol. The van der Waals surface area contributed by atoms with Crippen LogP contribution in [0.5, 0.6) is 0 Å². The van der Waals surface area contributed by atoms with Crippen LogP contribution in [0.2, 0.25) is 0 Å². The lowest BCUT2D eigenvalue weighted by molar-refractivity contribution is -0.385. The summed E-state index contributed by atoms with van der Waals surface area (Å²) in [4.78, 5) is 26.7. The molecule has 0 unspecified atom stereocenters. The zero-order valence-corrected chi connectivity index (χ0v) is 11.4. The Labute approximate surface area is 125 Å². The molecule has 6 nitrogen and oxygen atoms in total. The third kappa shape index (κ3) is 2.62. The van der Waals surface area contributed by atoms with E-state index in [4.69, 9.17) is 0 Å². The van der Waals surface area contributed by atoms with Crippen molar-refractivity contribution in [3.8, 4) is 0 Å². The van der Waals surface area contributed by atoms with E-state index in [0.717, 1.165) is 10.8 Å². The summed E-state index contributed by atoms with van der Waals surface area (Å²) in [6, 6.07) is 13.0. The Bertz CT molecular complexity index is 877. The first-order valence-corrected chi connectivity index (χ1v) is 6.54. The van der Waals surface area contributed by atoms with Gasteiger partial charge in [-0.3, -0.25) is 19.9 Å². The van der Waals surface area contributed by atoms with Gasteiger partial charge in [0.15, 0.2) is 0 Å². The summed E-state index contributed by atoms with van der Waals surface area (Å²) in [5.41, 5.74) is 0.383. The fourth-order valence-corrected chi connectivity index (χ4v) is 2.18. The van der Waals surface area contributed by atoms with E-state index < -0.39 is 10.8 Å². The highest BCUT2D eigenvalue weighted by Crippen LogP contribution is 2.21. The van der Waals surface area contributed by atoms with E-state index in [1.165, 1.54) is 18.2 Å². The second kappa shape index (κ2) is 5.61. The van der Waals surface area contributed by atoms with Crippen molar-refractivity contribution in [3.05, 3.63) is 76.6 Å². The SMILES string of the molecule is O=C(Nc1ccc2cnccc2c1)c1ccccc1[N+](=O)[O-]. The summed E-state index contributed by atoms with van der Waals surface area (Å²) in [5.74, 6) is -0.513. The summed E-state index contributed by atoms with van der Waals surface area (Å²) in [7, 11) is 0. The highest BCUT2D eigenvalue weighted by molar-refractivity contribution is 6.07. The number of amides is 1. The molecule has 0 bridgehead atoms. The van der Waals surface area contributed by atoms with Crippen molar-refractivity contribution in [2.45, 2.75) is 0 Å². The van der Waals surface area contributed by atoms with E-state index >= 15 is 0 Å². The highest BCUT2D eigenvalue weighted by Gasteiger charge is 2.19. The van der Waals surface area contributed by atoms with Crippen molar-refractivity contribution >= 4 is 28.1 Å². The number of pyridine rings is 1. The van der Waals surface area contributed by atoms with Crippen LogP contribution in [0.15, 0.2) is 60.9 Å². The first-order chi connectivity index (χ1) is 10.6. The van der Waals surface area contributed by atoms with Crippen LogP contribution in [0, 0.1) is 10.1 Å². The van der Waals surface area contributed by atoms with Gasteiger partial charge in [0.2, 0.25) is 0 Å². The highest BCUT2D eigenvalue weighted by atomic mass is 16.6. The molecule has 1 N–H and O–H groups in total. The predicted octanol–water partition coefficient (Wildman–Crippen LogP) is 3.40. The molecule has 0 aliphatic rings. The molecule has 0 aliphatic carbocycles. The van der Waals surface area contributed by atoms with Crippen molar-refractivity contribution in [2.24, 2.45) is 0 Å². The summed E-state index contributed by atoms with van der Waals surface area (Å²) in [6.07, 6.45) is 3.39. The van der Waals surface area contributed by atoms with Crippen LogP contribution < -0.4 is 5.32 Å². The molecule has 6 heteroatoms. The minimum atomic E-state index is -0.568. The molecule has 108 valence electrons. The third-order valence-electron chi connectivity index (χ3n) is 3.24. The summed E-state index contributed by atoms with van der Waals surface area (Å²) in [5, 5.41) is 15.5. The number of nitrogens with one attached hydrogen (secondary N) is 1. The summed E-state index contributed by atoms with van der Waals surface area (Å²) >= 11 is 0. The summed E-state index contributed by atoms with van der Waals surface area (Å²) < 4.78 is 0. The maximum Gasteiger partial charge on any atom is 0.282 e. The molecule has 1 heterocycles. The fourth-order valence-electron chi connectivity index (χ4n) is 2.18. The Morgan fingerprint density at radius 1 is 1.09 bits per heavy atom. The molecule has 0 aliphatic heterocycles. The zero-order valence-electron chi connectivity index (χ0n) is 11.4. The van der Waals surface area contributed by atoms with Crippen LogP contribution in [0.4, 0.5) is 11.4 Å². The second-order valence-electron chi connectivity index (χ2n) is 4.67. The predicted molar refractivity (Wildman–Crippen MR) is 82.8 cm³/mol. The lowest BCUT2D eigenvalue weighted by atomic mass is 10.1. The van der Waals surface area contributed by atoms with Crippen molar-refractivity contribution < 1.29 is 9.72 Å². The van der Waals surface area contributed by atoms with Gasteiger partial charge in [-0.25, -0.2) is 0 Å². The molecule has 0 fully saturated rings. The van der Waals surface area contributed by atoms with Gasteiger partial charge in [0.1, 0.15) is 5.56 Å². The number of rotatable bonds is 3. The maximum absolute atomic E-state index is 12.2. The van der Waals surface area contributed by atoms with Gasteiger partial charge in [-0.2, -0.15) is 0 Å². The first kappa shape index (κ1) is 13.7. The van der Waals surface area contributed by atoms with Crippen LogP contribution in [-0.2, 0) is 0 Å². The quantitative estimate of drug-likeness (QED) is 0.592. The van der Waals surface area contributed by atoms with E-state index in [2.05, 4.69) is 10.3 Å². The minimum Gasteiger partial charge on any atom is -0.322 e. The smallest absolute Gasteiger partial charge is 0.282 e. The number of aromatic nitrogens is 1. The van der Waals surface area contributed by atoms with Crippen LogP contribution in [0.1, 0.15) is 10.4 Å². The number of carbonyl (C=O) groups is 1. The van der Waals surface area contributed by atoms with E-state index in [-0.39, 0.29) is 11.3 Å². The Morgan fingerprint density at radius 3 is 2.73 bits per heavy atom. The van der Waals surface area contributed by atoms with E-state index in [1.54, 1.807) is 30.6 Å². The van der Waals surface area contributed by atoms with Gasteiger partial charge >= 0.3 is 0 Å². The topological polar surface area (TPSA) is 85.1 Å². The molecule has 22 heavy (non-hydrogen) atoms. The number of carbonyl (C=O) groups excluding carboxylic acids is 1. The number of hydrogen-bond donors (Lipinski definition) is 1. The van der Waals surface area contributed by atoms with Gasteiger partial charge in [-0.15, -0.1) is 0 Å². The summed E-state index contributed by atoms with van der Waals surface area (Å²) in [6.45, 7) is 0. The molecule has 3 rings (SSSR count). The second-order valence-corrected chi connectivity index (χ2v) is 4.67. The number of hydrogen-bond acceptors (Lipinski definition) is 4. The Morgan fingerprint density at radius 2 is 1.91 bits per heavy atom. The average Bonchev–Trinajstić information content (AvgIpc) is 2.54. The molecule has 0 saturated heterocycles. The molecule has 1 aromatic heterocycles. The molecule has 3 aromatic rings. The van der Waals surface area contributed by atoms with Gasteiger partial charge < -0.3 is 5.32 Å². The lowest BCUT2D eigenvalue weighted by Gasteiger charge is -2.07. The van der Waals surface area contributed by atoms with Crippen molar-refractivity contribution in [3.63, 3.8) is 0 Å². The number of nitro groups is 1. The van der Waals surface area contributed by atoms with Gasteiger partial charge in [0.25, 0.3) is 11.6 Å². The monoisotopic (exact) mass is 293 g/mol. The Hall–Kier alpha value is -3.28. The maximum atomic E-state index is 12.2. The fraction of sp³-hybridized carbons (Fsp3) is 0. The molecule has 0 saturated carbocycles. The van der Waals surface area contributed by atoms with E-state index in [0.29, 0.717) is 5.69 Å². The minimum absolute atomic E-state index is 0.0299. The van der Waals surface area contributed by atoms with E-state index in [1.807, 2.05) is 12.1 Å². The standard InChI is InChI=1S/C16H11N3O3/c20-16(14-3-1-2-4-15(14)19(21)22)18-13-6-5-12-10-17-8-7-11(12)9-13/h1-10H,(H,18,20). The van der Waals surface area contributed by atoms with Crippen LogP contribution in [-0.4, -0.2) is 15.8 Å². The number of fused-ring (bicyclic) bond motifs is 1. The lowest BCUT2D eigenvalue weighted by Crippen LogP contribution is -2.13. The van der Waals surface area contributed by atoms with Crippen LogP contribution in [0.25, 0.3) is 10.8 Å². The third-order valence-corrected chi connectivity index (χ3v) is 3.24. The van der Waals surface area contributed by atoms with Crippen molar-refractivity contribution in [2.75, 3.05) is 5.32 Å². The van der Waals surface area contributed by atoms with Crippen LogP contribution in [0.3, 0.4) is 0 Å². The molecule has 0 radical (unpaired) electrons. The molecule has 2 aromatic carbocycles. The molecular formula is C16H11N3O3. The molecule has 1 amide bonds. The normalized spacial score (nSPS) is 10.4.